The van der Waals surface area contributed by atoms with Crippen molar-refractivity contribution in [3.05, 3.63) is 0 Å². The van der Waals surface area contributed by atoms with E-state index in [2.05, 4.69) is 10.6 Å². The molecular weight excluding hydrogens is 340 g/mol. The van der Waals surface area contributed by atoms with Crippen molar-refractivity contribution < 1.29 is 28.7 Å². The highest BCUT2D eigenvalue weighted by Gasteiger charge is 2.17. The number of amides is 2. The molecule has 1 rings (SSSR count). The first kappa shape index (κ1) is 21.9. The van der Waals surface area contributed by atoms with Crippen LogP contribution in [0.15, 0.2) is 0 Å². The molecular formula is C18H30N2O6. The maximum Gasteiger partial charge on any atom is 0.305 e. The van der Waals surface area contributed by atoms with E-state index < -0.39 is 0 Å². The van der Waals surface area contributed by atoms with Crippen molar-refractivity contribution >= 4 is 23.8 Å². The average molecular weight is 370 g/mol. The third-order valence-corrected chi connectivity index (χ3v) is 4.18. The first-order valence-corrected chi connectivity index (χ1v) is 9.34. The van der Waals surface area contributed by atoms with E-state index in [0.29, 0.717) is 25.7 Å². The fourth-order valence-electron chi connectivity index (χ4n) is 2.44. The monoisotopic (exact) mass is 370 g/mol. The molecule has 0 bridgehead atoms. The Labute approximate surface area is 154 Å². The lowest BCUT2D eigenvalue weighted by Gasteiger charge is -2.18. The smallest absolute Gasteiger partial charge is 0.305 e. The highest BCUT2D eigenvalue weighted by Crippen LogP contribution is 2.05. The number of nitrogens with one attached hydrogen (secondary N) is 2. The second kappa shape index (κ2) is 12.3. The summed E-state index contributed by atoms with van der Waals surface area (Å²) in [6.07, 6.45) is 2.70. The van der Waals surface area contributed by atoms with Gasteiger partial charge in [0.1, 0.15) is 13.2 Å². The number of hydrogen-bond donors (Lipinski definition) is 2. The maximum atomic E-state index is 11.9. The van der Waals surface area contributed by atoms with Crippen LogP contribution in [-0.2, 0) is 28.7 Å². The summed E-state index contributed by atoms with van der Waals surface area (Å²) in [5, 5.41) is 5.59. The predicted molar refractivity (Wildman–Crippen MR) is 94.1 cm³/mol. The van der Waals surface area contributed by atoms with Gasteiger partial charge in [-0.15, -0.1) is 0 Å². The Morgan fingerprint density at radius 2 is 1.12 bits per heavy atom. The molecule has 1 heterocycles. The van der Waals surface area contributed by atoms with Gasteiger partial charge in [-0.2, -0.15) is 0 Å². The Balaban J connectivity index is 2.63. The highest BCUT2D eigenvalue weighted by atomic mass is 16.5. The zero-order valence-electron chi connectivity index (χ0n) is 15.7. The van der Waals surface area contributed by atoms with Gasteiger partial charge in [-0.05, 0) is 25.7 Å². The SMILES string of the molecule is CCC1COC(=O)CCCC(=O)NC(CC)COC(=O)CCCC(=O)N1. The molecule has 1 aliphatic rings. The van der Waals surface area contributed by atoms with Crippen LogP contribution in [0.3, 0.4) is 0 Å². The Morgan fingerprint density at radius 1 is 0.731 bits per heavy atom. The molecule has 2 N–H and O–H groups in total. The summed E-state index contributed by atoms with van der Waals surface area (Å²) in [6, 6.07) is -0.517. The minimum absolute atomic E-state index is 0.104. The van der Waals surface area contributed by atoms with Crippen molar-refractivity contribution in [3.63, 3.8) is 0 Å². The van der Waals surface area contributed by atoms with E-state index in [0.717, 1.165) is 0 Å². The Kier molecular flexibility index (Phi) is 10.3. The summed E-state index contributed by atoms with van der Waals surface area (Å²) >= 11 is 0. The molecule has 0 aliphatic carbocycles. The van der Waals surface area contributed by atoms with Crippen LogP contribution in [0.5, 0.6) is 0 Å². The van der Waals surface area contributed by atoms with Gasteiger partial charge >= 0.3 is 11.9 Å². The molecule has 0 saturated carbocycles. The number of ether oxygens (including phenoxy) is 2. The lowest BCUT2D eigenvalue weighted by molar-refractivity contribution is -0.146. The van der Waals surface area contributed by atoms with Crippen molar-refractivity contribution in [1.29, 1.82) is 0 Å². The van der Waals surface area contributed by atoms with Crippen LogP contribution in [0, 0.1) is 0 Å². The summed E-state index contributed by atoms with van der Waals surface area (Å²) in [4.78, 5) is 47.4. The van der Waals surface area contributed by atoms with Gasteiger partial charge in [0.15, 0.2) is 0 Å². The van der Waals surface area contributed by atoms with Crippen molar-refractivity contribution in [1.82, 2.24) is 10.6 Å². The molecule has 1 fully saturated rings. The Hall–Kier alpha value is -2.12. The second-order valence-corrected chi connectivity index (χ2v) is 6.42. The fraction of sp³-hybridized carbons (Fsp3) is 0.778. The lowest BCUT2D eigenvalue weighted by Crippen LogP contribution is -2.39. The number of carbonyl (C=O) groups is 4. The van der Waals surface area contributed by atoms with E-state index in [4.69, 9.17) is 9.47 Å². The molecule has 148 valence electrons. The predicted octanol–water partition coefficient (Wildman–Crippen LogP) is 1.22. The average Bonchev–Trinajstić information content (AvgIpc) is 2.61. The van der Waals surface area contributed by atoms with E-state index in [1.165, 1.54) is 0 Å². The van der Waals surface area contributed by atoms with Crippen LogP contribution < -0.4 is 10.6 Å². The molecule has 0 radical (unpaired) electrons. The molecule has 26 heavy (non-hydrogen) atoms. The van der Waals surface area contributed by atoms with Gasteiger partial charge in [0.05, 0.1) is 12.1 Å². The second-order valence-electron chi connectivity index (χ2n) is 6.42. The number of carbonyl (C=O) groups excluding carboxylic acids is 4. The molecule has 1 aliphatic heterocycles. The van der Waals surface area contributed by atoms with E-state index >= 15 is 0 Å². The molecule has 0 spiro atoms. The van der Waals surface area contributed by atoms with E-state index in [1.807, 2.05) is 13.8 Å². The third-order valence-electron chi connectivity index (χ3n) is 4.18. The fourth-order valence-corrected chi connectivity index (χ4v) is 2.44. The number of hydrogen-bond acceptors (Lipinski definition) is 6. The van der Waals surface area contributed by atoms with E-state index in [1.54, 1.807) is 0 Å². The Bertz CT molecular complexity index is 450. The van der Waals surface area contributed by atoms with Crippen molar-refractivity contribution in [2.75, 3.05) is 13.2 Å². The first-order valence-electron chi connectivity index (χ1n) is 9.34. The van der Waals surface area contributed by atoms with Crippen LogP contribution in [0.1, 0.15) is 65.2 Å². The van der Waals surface area contributed by atoms with Crippen molar-refractivity contribution in [2.24, 2.45) is 0 Å². The lowest BCUT2D eigenvalue weighted by atomic mass is 10.2. The maximum absolute atomic E-state index is 11.9. The zero-order chi connectivity index (χ0) is 19.4. The summed E-state index contributed by atoms with van der Waals surface area (Å²) < 4.78 is 10.3. The molecule has 2 amide bonds. The number of rotatable bonds is 2. The van der Waals surface area contributed by atoms with Crippen LogP contribution in [-0.4, -0.2) is 49.1 Å². The van der Waals surface area contributed by atoms with Gasteiger partial charge < -0.3 is 20.1 Å². The molecule has 0 aromatic rings. The highest BCUT2D eigenvalue weighted by molar-refractivity contribution is 5.78. The van der Waals surface area contributed by atoms with Gasteiger partial charge in [-0.25, -0.2) is 0 Å². The summed E-state index contributed by atoms with van der Waals surface area (Å²) in [7, 11) is 0. The van der Waals surface area contributed by atoms with E-state index in [-0.39, 0.29) is 74.7 Å². The quantitative estimate of drug-likeness (QED) is 0.707. The van der Waals surface area contributed by atoms with Gasteiger partial charge in [0.2, 0.25) is 11.8 Å². The first-order chi connectivity index (χ1) is 12.4. The molecule has 8 heteroatoms. The van der Waals surface area contributed by atoms with Crippen molar-refractivity contribution in [3.8, 4) is 0 Å². The molecule has 0 aromatic heterocycles. The van der Waals surface area contributed by atoms with Crippen LogP contribution in [0.2, 0.25) is 0 Å². The molecule has 1 saturated heterocycles. The zero-order valence-corrected chi connectivity index (χ0v) is 15.7. The van der Waals surface area contributed by atoms with Crippen LogP contribution in [0.25, 0.3) is 0 Å². The van der Waals surface area contributed by atoms with Gasteiger partial charge in [-0.3, -0.25) is 19.2 Å². The standard InChI is InChI=1S/C18H30N2O6/c1-3-13-11-25-17(23)9-6-8-16(22)20-14(4-2)12-26-18(24)10-5-7-15(21)19-13/h13-14H,3-12H2,1-2H3,(H,19,21)(H,20,22). The largest absolute Gasteiger partial charge is 0.463 e. The van der Waals surface area contributed by atoms with Crippen LogP contribution >= 0.6 is 0 Å². The minimum atomic E-state index is -0.382. The molecule has 0 aromatic carbocycles. The van der Waals surface area contributed by atoms with Gasteiger partial charge in [-0.1, -0.05) is 13.8 Å². The summed E-state index contributed by atoms with van der Waals surface area (Å²) in [6.45, 7) is 3.98. The molecule has 2 unspecified atom stereocenters. The van der Waals surface area contributed by atoms with Gasteiger partial charge in [0, 0.05) is 25.7 Å². The normalized spacial score (nSPS) is 25.2. The number of cyclic esters (lactones) is 2. The summed E-state index contributed by atoms with van der Waals surface area (Å²) in [5.74, 6) is -1.12. The molecule has 8 nitrogen and oxygen atoms in total. The number of esters is 2. The van der Waals surface area contributed by atoms with Crippen LogP contribution in [0.4, 0.5) is 0 Å². The van der Waals surface area contributed by atoms with Gasteiger partial charge in [0.25, 0.3) is 0 Å². The molecule has 2 atom stereocenters. The summed E-state index contributed by atoms with van der Waals surface area (Å²) in [5.41, 5.74) is 0. The third kappa shape index (κ3) is 9.39. The Morgan fingerprint density at radius 3 is 1.46 bits per heavy atom. The minimum Gasteiger partial charge on any atom is -0.463 e. The van der Waals surface area contributed by atoms with Crippen molar-refractivity contribution in [2.45, 2.75) is 77.3 Å². The van der Waals surface area contributed by atoms with E-state index in [9.17, 15) is 19.2 Å². The topological polar surface area (TPSA) is 111 Å².